The van der Waals surface area contributed by atoms with Crippen molar-refractivity contribution in [1.29, 1.82) is 0 Å². The molecule has 0 aliphatic rings. The van der Waals surface area contributed by atoms with Crippen LogP contribution in [-0.2, 0) is 11.2 Å². The molecule has 88 valence electrons. The second-order valence-electron chi connectivity index (χ2n) is 3.71. The molecule has 0 spiro atoms. The van der Waals surface area contributed by atoms with Crippen LogP contribution in [0.3, 0.4) is 0 Å². The van der Waals surface area contributed by atoms with Gasteiger partial charge in [0, 0.05) is 11.3 Å². The Morgan fingerprint density at radius 2 is 2.18 bits per heavy atom. The Kier molecular flexibility index (Phi) is 3.15. The van der Waals surface area contributed by atoms with Crippen molar-refractivity contribution in [3.05, 3.63) is 40.7 Å². The van der Waals surface area contributed by atoms with Gasteiger partial charge in [-0.3, -0.25) is 4.79 Å². The SMILES string of the molecule is Cc1[nH]c(-c2ccccc2Cl)nc1CC(=O)O. The average Bonchev–Trinajstić information content (AvgIpc) is 2.60. The molecule has 17 heavy (non-hydrogen) atoms. The minimum absolute atomic E-state index is 0.0905. The number of halogens is 1. The third kappa shape index (κ3) is 2.47. The van der Waals surface area contributed by atoms with Crippen molar-refractivity contribution in [3.8, 4) is 11.4 Å². The van der Waals surface area contributed by atoms with Crippen LogP contribution in [0.25, 0.3) is 11.4 Å². The second-order valence-corrected chi connectivity index (χ2v) is 4.11. The van der Waals surface area contributed by atoms with E-state index in [-0.39, 0.29) is 6.42 Å². The van der Waals surface area contributed by atoms with Gasteiger partial charge in [-0.2, -0.15) is 0 Å². The summed E-state index contributed by atoms with van der Waals surface area (Å²) in [6.07, 6.45) is -0.0905. The van der Waals surface area contributed by atoms with Gasteiger partial charge in [0.05, 0.1) is 17.1 Å². The maximum Gasteiger partial charge on any atom is 0.309 e. The number of aromatic amines is 1. The molecule has 5 heteroatoms. The summed E-state index contributed by atoms with van der Waals surface area (Å²) in [5, 5.41) is 9.33. The number of aliphatic carboxylic acids is 1. The van der Waals surface area contributed by atoms with Gasteiger partial charge in [0.2, 0.25) is 0 Å². The van der Waals surface area contributed by atoms with Crippen molar-refractivity contribution in [3.63, 3.8) is 0 Å². The summed E-state index contributed by atoms with van der Waals surface area (Å²) < 4.78 is 0. The third-order valence-electron chi connectivity index (χ3n) is 2.43. The maximum absolute atomic E-state index is 10.7. The molecule has 1 aromatic carbocycles. The Balaban J connectivity index is 2.41. The predicted octanol–water partition coefficient (Wildman–Crippen LogP) is 2.67. The second kappa shape index (κ2) is 4.59. The number of aryl methyl sites for hydroxylation is 1. The Bertz CT molecular complexity index is 563. The highest BCUT2D eigenvalue weighted by Crippen LogP contribution is 2.26. The van der Waals surface area contributed by atoms with E-state index in [1.54, 1.807) is 13.0 Å². The lowest BCUT2D eigenvalue weighted by Gasteiger charge is -1.98. The highest BCUT2D eigenvalue weighted by molar-refractivity contribution is 6.33. The van der Waals surface area contributed by atoms with E-state index in [9.17, 15) is 4.79 Å². The molecule has 0 aliphatic carbocycles. The van der Waals surface area contributed by atoms with E-state index in [0.717, 1.165) is 11.3 Å². The Morgan fingerprint density at radius 1 is 1.47 bits per heavy atom. The fraction of sp³-hybridized carbons (Fsp3) is 0.167. The van der Waals surface area contributed by atoms with Crippen LogP contribution in [0.1, 0.15) is 11.4 Å². The van der Waals surface area contributed by atoms with Crippen LogP contribution < -0.4 is 0 Å². The number of aromatic nitrogens is 2. The monoisotopic (exact) mass is 250 g/mol. The van der Waals surface area contributed by atoms with Crippen LogP contribution in [0, 0.1) is 6.92 Å². The number of carboxylic acids is 1. The van der Waals surface area contributed by atoms with E-state index in [1.807, 2.05) is 18.2 Å². The zero-order valence-corrected chi connectivity index (χ0v) is 9.95. The van der Waals surface area contributed by atoms with Gasteiger partial charge in [-0.15, -0.1) is 0 Å². The minimum atomic E-state index is -0.898. The number of carbonyl (C=O) groups is 1. The molecule has 0 atom stereocenters. The van der Waals surface area contributed by atoms with Crippen molar-refractivity contribution in [2.75, 3.05) is 0 Å². The van der Waals surface area contributed by atoms with Crippen LogP contribution in [0.15, 0.2) is 24.3 Å². The zero-order valence-electron chi connectivity index (χ0n) is 9.20. The highest BCUT2D eigenvalue weighted by Gasteiger charge is 2.12. The molecule has 0 fully saturated rings. The lowest BCUT2D eigenvalue weighted by atomic mass is 10.2. The van der Waals surface area contributed by atoms with Crippen molar-refractivity contribution >= 4 is 17.6 Å². The fourth-order valence-electron chi connectivity index (χ4n) is 1.59. The van der Waals surface area contributed by atoms with E-state index >= 15 is 0 Å². The lowest BCUT2D eigenvalue weighted by molar-refractivity contribution is -0.136. The van der Waals surface area contributed by atoms with Crippen LogP contribution in [-0.4, -0.2) is 21.0 Å². The van der Waals surface area contributed by atoms with Gasteiger partial charge in [0.1, 0.15) is 5.82 Å². The maximum atomic E-state index is 10.7. The molecular weight excluding hydrogens is 240 g/mol. The molecule has 1 aromatic heterocycles. The van der Waals surface area contributed by atoms with Gasteiger partial charge in [-0.25, -0.2) is 4.98 Å². The number of benzene rings is 1. The molecule has 0 bridgehead atoms. The molecule has 2 aromatic rings. The van der Waals surface area contributed by atoms with E-state index in [0.29, 0.717) is 16.5 Å². The largest absolute Gasteiger partial charge is 0.481 e. The smallest absolute Gasteiger partial charge is 0.309 e. The average molecular weight is 251 g/mol. The quantitative estimate of drug-likeness (QED) is 0.880. The zero-order chi connectivity index (χ0) is 12.4. The molecule has 0 aliphatic heterocycles. The van der Waals surface area contributed by atoms with Gasteiger partial charge in [-0.1, -0.05) is 23.7 Å². The first-order valence-electron chi connectivity index (χ1n) is 5.10. The minimum Gasteiger partial charge on any atom is -0.481 e. The summed E-state index contributed by atoms with van der Waals surface area (Å²) >= 11 is 6.05. The van der Waals surface area contributed by atoms with Crippen molar-refractivity contribution in [1.82, 2.24) is 9.97 Å². The standard InChI is InChI=1S/C12H11ClN2O2/c1-7-10(6-11(16)17)15-12(14-7)8-4-2-3-5-9(8)13/h2-5H,6H2,1H3,(H,14,15)(H,16,17). The molecule has 0 radical (unpaired) electrons. The van der Waals surface area contributed by atoms with Crippen LogP contribution >= 0.6 is 11.6 Å². The van der Waals surface area contributed by atoms with Gasteiger partial charge in [-0.05, 0) is 19.1 Å². The summed E-state index contributed by atoms with van der Waals surface area (Å²) in [6.45, 7) is 1.80. The van der Waals surface area contributed by atoms with E-state index in [2.05, 4.69) is 9.97 Å². The van der Waals surface area contributed by atoms with Crippen molar-refractivity contribution < 1.29 is 9.90 Å². The molecule has 0 saturated heterocycles. The molecule has 0 amide bonds. The summed E-state index contributed by atoms with van der Waals surface area (Å²) in [5.74, 6) is -0.297. The Hall–Kier alpha value is -1.81. The van der Waals surface area contributed by atoms with Gasteiger partial charge in [0.15, 0.2) is 0 Å². The topological polar surface area (TPSA) is 66.0 Å². The number of H-pyrrole nitrogens is 1. The normalized spacial score (nSPS) is 10.5. The van der Waals surface area contributed by atoms with Crippen LogP contribution in [0.4, 0.5) is 0 Å². The molecule has 2 rings (SSSR count). The van der Waals surface area contributed by atoms with Crippen molar-refractivity contribution in [2.45, 2.75) is 13.3 Å². The Morgan fingerprint density at radius 3 is 2.82 bits per heavy atom. The number of hydrogen-bond donors (Lipinski definition) is 2. The summed E-state index contributed by atoms with van der Waals surface area (Å²) in [6, 6.07) is 7.30. The highest BCUT2D eigenvalue weighted by atomic mass is 35.5. The molecular formula is C12H11ClN2O2. The lowest BCUT2D eigenvalue weighted by Crippen LogP contribution is -2.01. The van der Waals surface area contributed by atoms with Crippen LogP contribution in [0.5, 0.6) is 0 Å². The summed E-state index contributed by atoms with van der Waals surface area (Å²) in [4.78, 5) is 18.0. The molecule has 0 unspecified atom stereocenters. The first kappa shape index (κ1) is 11.7. The Labute approximate surface area is 103 Å². The van der Waals surface area contributed by atoms with Gasteiger partial charge in [0.25, 0.3) is 0 Å². The molecule has 0 saturated carbocycles. The first-order valence-corrected chi connectivity index (χ1v) is 5.48. The van der Waals surface area contributed by atoms with Crippen LogP contribution in [0.2, 0.25) is 5.02 Å². The summed E-state index contributed by atoms with van der Waals surface area (Å²) in [5.41, 5.74) is 2.06. The van der Waals surface area contributed by atoms with E-state index in [4.69, 9.17) is 16.7 Å². The number of nitrogens with one attached hydrogen (secondary N) is 1. The molecule has 1 heterocycles. The number of rotatable bonds is 3. The number of nitrogens with zero attached hydrogens (tertiary/aromatic N) is 1. The van der Waals surface area contributed by atoms with E-state index in [1.165, 1.54) is 0 Å². The summed E-state index contributed by atoms with van der Waals surface area (Å²) in [7, 11) is 0. The van der Waals surface area contributed by atoms with Gasteiger partial charge < -0.3 is 10.1 Å². The van der Waals surface area contributed by atoms with Crippen molar-refractivity contribution in [2.24, 2.45) is 0 Å². The fourth-order valence-corrected chi connectivity index (χ4v) is 1.82. The number of carboxylic acid groups (broad SMARTS) is 1. The van der Waals surface area contributed by atoms with E-state index < -0.39 is 5.97 Å². The molecule has 2 N–H and O–H groups in total. The third-order valence-corrected chi connectivity index (χ3v) is 2.76. The number of imidazole rings is 1. The first-order chi connectivity index (χ1) is 8.08. The predicted molar refractivity (Wildman–Crippen MR) is 65.1 cm³/mol. The van der Waals surface area contributed by atoms with Gasteiger partial charge >= 0.3 is 5.97 Å². The number of hydrogen-bond acceptors (Lipinski definition) is 2. The molecule has 4 nitrogen and oxygen atoms in total.